The van der Waals surface area contributed by atoms with Crippen LogP contribution in [0.15, 0.2) is 48.2 Å². The molecule has 0 bridgehead atoms. The molecule has 0 fully saturated rings. The summed E-state index contributed by atoms with van der Waals surface area (Å²) in [6, 6.07) is 11.6. The fraction of sp³-hybridized carbons (Fsp3) is 0.0588. The number of hydrogen-bond acceptors (Lipinski definition) is 4. The number of ether oxygens (including phenoxy) is 2. The molecule has 2 aromatic carbocycles. The van der Waals surface area contributed by atoms with E-state index in [2.05, 4.69) is 5.32 Å². The topological polar surface area (TPSA) is 90.7 Å². The van der Waals surface area contributed by atoms with Gasteiger partial charge in [0, 0.05) is 0 Å². The van der Waals surface area contributed by atoms with Gasteiger partial charge in [0.05, 0.1) is 10.6 Å². The van der Waals surface area contributed by atoms with E-state index in [0.29, 0.717) is 17.1 Å². The molecule has 0 aromatic heterocycles. The number of benzene rings is 2. The van der Waals surface area contributed by atoms with E-state index in [1.165, 1.54) is 6.08 Å². The van der Waals surface area contributed by atoms with Crippen LogP contribution < -0.4 is 20.5 Å². The third kappa shape index (κ3) is 3.33. The number of hydrogen-bond donors (Lipinski definition) is 2. The minimum absolute atomic E-state index is 0.0567. The summed E-state index contributed by atoms with van der Waals surface area (Å²) in [6.07, 6.45) is 1.46. The lowest BCUT2D eigenvalue weighted by molar-refractivity contribution is -0.114. The Morgan fingerprint density at radius 1 is 1.12 bits per heavy atom. The molecular weight excluding hydrogens is 332 g/mol. The van der Waals surface area contributed by atoms with Crippen LogP contribution in [0.3, 0.4) is 0 Å². The molecule has 2 amide bonds. The molecule has 0 saturated carbocycles. The molecule has 24 heavy (non-hydrogen) atoms. The van der Waals surface area contributed by atoms with E-state index in [1.54, 1.807) is 42.5 Å². The molecule has 0 unspecified atom stereocenters. The van der Waals surface area contributed by atoms with Crippen molar-refractivity contribution in [1.29, 1.82) is 0 Å². The molecule has 122 valence electrons. The van der Waals surface area contributed by atoms with E-state index in [0.717, 1.165) is 0 Å². The van der Waals surface area contributed by atoms with Gasteiger partial charge in [0.2, 0.25) is 6.79 Å². The van der Waals surface area contributed by atoms with Crippen molar-refractivity contribution < 1.29 is 19.1 Å². The lowest BCUT2D eigenvalue weighted by atomic mass is 10.1. The second-order valence-electron chi connectivity index (χ2n) is 4.97. The minimum Gasteiger partial charge on any atom is -0.454 e. The van der Waals surface area contributed by atoms with E-state index in [4.69, 9.17) is 26.8 Å². The summed E-state index contributed by atoms with van der Waals surface area (Å²) in [5.74, 6) is -0.114. The Balaban J connectivity index is 1.86. The van der Waals surface area contributed by atoms with Crippen LogP contribution in [-0.4, -0.2) is 18.6 Å². The lowest BCUT2D eigenvalue weighted by Gasteiger charge is -2.08. The highest BCUT2D eigenvalue weighted by molar-refractivity contribution is 6.34. The van der Waals surface area contributed by atoms with Gasteiger partial charge in [0.25, 0.3) is 11.8 Å². The van der Waals surface area contributed by atoms with Crippen LogP contribution in [0.25, 0.3) is 6.08 Å². The zero-order valence-corrected chi connectivity index (χ0v) is 13.2. The third-order valence-electron chi connectivity index (χ3n) is 3.34. The summed E-state index contributed by atoms with van der Waals surface area (Å²) in [6.45, 7) is 0.147. The molecule has 1 heterocycles. The first kappa shape index (κ1) is 15.9. The maximum atomic E-state index is 12.3. The number of halogens is 1. The smallest absolute Gasteiger partial charge is 0.265 e. The summed E-state index contributed by atoms with van der Waals surface area (Å²) < 4.78 is 10.5. The Bertz CT molecular complexity index is 848. The summed E-state index contributed by atoms with van der Waals surface area (Å²) in [5.41, 5.74) is 6.17. The highest BCUT2D eigenvalue weighted by Gasteiger charge is 2.16. The van der Waals surface area contributed by atoms with Gasteiger partial charge in [-0.05, 0) is 35.9 Å². The monoisotopic (exact) mass is 344 g/mol. The van der Waals surface area contributed by atoms with Crippen molar-refractivity contribution in [2.24, 2.45) is 5.73 Å². The first-order valence-electron chi connectivity index (χ1n) is 7.01. The van der Waals surface area contributed by atoms with Gasteiger partial charge in [-0.25, -0.2) is 0 Å². The molecule has 3 rings (SSSR count). The van der Waals surface area contributed by atoms with Crippen LogP contribution in [0, 0.1) is 0 Å². The van der Waals surface area contributed by atoms with Crippen molar-refractivity contribution in [3.05, 3.63) is 64.3 Å². The quantitative estimate of drug-likeness (QED) is 0.833. The number of carbonyl (C=O) groups is 2. The lowest BCUT2D eigenvalue weighted by Crippen LogP contribution is -2.31. The van der Waals surface area contributed by atoms with E-state index < -0.39 is 11.8 Å². The van der Waals surface area contributed by atoms with E-state index in [-0.39, 0.29) is 23.1 Å². The highest BCUT2D eigenvalue weighted by atomic mass is 35.5. The molecule has 6 nitrogen and oxygen atoms in total. The van der Waals surface area contributed by atoms with Gasteiger partial charge in [0.1, 0.15) is 5.70 Å². The zero-order valence-electron chi connectivity index (χ0n) is 12.4. The molecule has 0 aliphatic carbocycles. The second-order valence-corrected chi connectivity index (χ2v) is 5.38. The molecule has 0 atom stereocenters. The Labute approximate surface area is 142 Å². The largest absolute Gasteiger partial charge is 0.454 e. The molecule has 1 aliphatic heterocycles. The number of fused-ring (bicyclic) bond motifs is 1. The van der Waals surface area contributed by atoms with Crippen LogP contribution in [0.5, 0.6) is 11.5 Å². The van der Waals surface area contributed by atoms with Gasteiger partial charge >= 0.3 is 0 Å². The van der Waals surface area contributed by atoms with Crippen molar-refractivity contribution in [2.45, 2.75) is 0 Å². The molecule has 0 radical (unpaired) electrons. The zero-order chi connectivity index (χ0) is 17.1. The van der Waals surface area contributed by atoms with Crippen molar-refractivity contribution >= 4 is 29.5 Å². The SMILES string of the molecule is NC(=O)C(=Cc1ccc2c(c1)OCO2)NC(=O)c1ccccc1Cl. The normalized spacial score (nSPS) is 12.8. The number of rotatable bonds is 4. The number of carbonyl (C=O) groups excluding carboxylic acids is 2. The van der Waals surface area contributed by atoms with Gasteiger partial charge in [-0.15, -0.1) is 0 Å². The van der Waals surface area contributed by atoms with Gasteiger partial charge in [-0.2, -0.15) is 0 Å². The summed E-state index contributed by atoms with van der Waals surface area (Å²) in [5, 5.41) is 2.76. The minimum atomic E-state index is -0.770. The fourth-order valence-corrected chi connectivity index (χ4v) is 2.39. The summed E-state index contributed by atoms with van der Waals surface area (Å²) in [4.78, 5) is 23.9. The maximum absolute atomic E-state index is 12.3. The van der Waals surface area contributed by atoms with Gasteiger partial charge in [0.15, 0.2) is 11.5 Å². The molecule has 0 saturated heterocycles. The first-order valence-corrected chi connectivity index (χ1v) is 7.39. The van der Waals surface area contributed by atoms with E-state index >= 15 is 0 Å². The van der Waals surface area contributed by atoms with Crippen molar-refractivity contribution in [3.63, 3.8) is 0 Å². The molecule has 3 N–H and O–H groups in total. The van der Waals surface area contributed by atoms with Gasteiger partial charge in [-0.3, -0.25) is 9.59 Å². The number of nitrogens with one attached hydrogen (secondary N) is 1. The van der Waals surface area contributed by atoms with Gasteiger partial charge in [-0.1, -0.05) is 29.8 Å². The molecule has 0 spiro atoms. The number of nitrogens with two attached hydrogens (primary N) is 1. The van der Waals surface area contributed by atoms with Crippen LogP contribution in [0.1, 0.15) is 15.9 Å². The van der Waals surface area contributed by atoms with Gasteiger partial charge < -0.3 is 20.5 Å². The summed E-state index contributed by atoms with van der Waals surface area (Å²) >= 11 is 5.98. The Kier molecular flexibility index (Phi) is 4.39. The molecule has 2 aromatic rings. The predicted octanol–water partition coefficient (Wildman–Crippen LogP) is 2.32. The predicted molar refractivity (Wildman–Crippen MR) is 88.7 cm³/mol. The Hall–Kier alpha value is -2.99. The van der Waals surface area contributed by atoms with Crippen LogP contribution in [-0.2, 0) is 4.79 Å². The maximum Gasteiger partial charge on any atom is 0.265 e. The number of primary amides is 1. The molecular formula is C17H13ClN2O4. The average Bonchev–Trinajstić information content (AvgIpc) is 3.02. The van der Waals surface area contributed by atoms with E-state index in [9.17, 15) is 9.59 Å². The summed E-state index contributed by atoms with van der Waals surface area (Å²) in [7, 11) is 0. The van der Waals surface area contributed by atoms with Crippen LogP contribution in [0.2, 0.25) is 5.02 Å². The van der Waals surface area contributed by atoms with Crippen LogP contribution >= 0.6 is 11.6 Å². The highest BCUT2D eigenvalue weighted by Crippen LogP contribution is 2.33. The third-order valence-corrected chi connectivity index (χ3v) is 3.67. The standard InChI is InChI=1S/C17H13ClN2O4/c18-12-4-2-1-3-11(12)17(22)20-13(16(19)21)7-10-5-6-14-15(8-10)24-9-23-14/h1-8H,9H2,(H2,19,21)(H,20,22). The van der Waals surface area contributed by atoms with Crippen molar-refractivity contribution in [3.8, 4) is 11.5 Å². The molecule has 7 heteroatoms. The second kappa shape index (κ2) is 6.64. The van der Waals surface area contributed by atoms with Crippen LogP contribution in [0.4, 0.5) is 0 Å². The fourth-order valence-electron chi connectivity index (χ4n) is 2.17. The average molecular weight is 345 g/mol. The first-order chi connectivity index (χ1) is 11.5. The van der Waals surface area contributed by atoms with Crippen molar-refractivity contribution in [1.82, 2.24) is 5.32 Å². The van der Waals surface area contributed by atoms with E-state index in [1.807, 2.05) is 0 Å². The Morgan fingerprint density at radius 2 is 1.88 bits per heavy atom. The molecule has 1 aliphatic rings. The Morgan fingerprint density at radius 3 is 2.62 bits per heavy atom. The number of amides is 2. The van der Waals surface area contributed by atoms with Crippen molar-refractivity contribution in [2.75, 3.05) is 6.79 Å².